The largest absolute Gasteiger partial charge is 0.377 e. The molecule has 92 valence electrons. The molecule has 17 heavy (non-hydrogen) atoms. The van der Waals surface area contributed by atoms with Crippen LogP contribution in [-0.4, -0.2) is 19.3 Å². The normalized spacial score (nSPS) is 19.4. The lowest BCUT2D eigenvalue weighted by Crippen LogP contribution is -2.15. The summed E-state index contributed by atoms with van der Waals surface area (Å²) >= 11 is 0. The third-order valence-corrected chi connectivity index (χ3v) is 2.86. The SMILES string of the molecule is C1=CC(CCCOCc2ccccc2)OCC1. The van der Waals surface area contributed by atoms with E-state index in [1.807, 2.05) is 18.2 Å². The van der Waals surface area contributed by atoms with Crippen LogP contribution in [0.1, 0.15) is 24.8 Å². The molecule has 2 rings (SSSR count). The smallest absolute Gasteiger partial charge is 0.0756 e. The Morgan fingerprint density at radius 1 is 1.24 bits per heavy atom. The summed E-state index contributed by atoms with van der Waals surface area (Å²) in [6.45, 7) is 2.39. The standard InChI is InChI=1S/C15H20O2/c1-2-7-14(8-3-1)13-16-11-6-10-15-9-4-5-12-17-15/h1-4,7-9,15H,5-6,10-13H2. The molecular weight excluding hydrogens is 212 g/mol. The van der Waals surface area contributed by atoms with E-state index in [0.29, 0.717) is 12.7 Å². The number of benzene rings is 1. The molecule has 0 saturated heterocycles. The van der Waals surface area contributed by atoms with Crippen molar-refractivity contribution in [1.29, 1.82) is 0 Å². The van der Waals surface area contributed by atoms with Gasteiger partial charge in [0.05, 0.1) is 19.3 Å². The molecule has 1 aliphatic heterocycles. The van der Waals surface area contributed by atoms with E-state index >= 15 is 0 Å². The van der Waals surface area contributed by atoms with Gasteiger partial charge in [0.2, 0.25) is 0 Å². The van der Waals surface area contributed by atoms with Gasteiger partial charge in [-0.3, -0.25) is 0 Å². The van der Waals surface area contributed by atoms with Crippen molar-refractivity contribution in [3.63, 3.8) is 0 Å². The highest BCUT2D eigenvalue weighted by molar-refractivity contribution is 5.13. The van der Waals surface area contributed by atoms with Crippen molar-refractivity contribution in [3.05, 3.63) is 48.0 Å². The summed E-state index contributed by atoms with van der Waals surface area (Å²) in [4.78, 5) is 0. The van der Waals surface area contributed by atoms with Crippen LogP contribution in [0.3, 0.4) is 0 Å². The first-order valence-electron chi connectivity index (χ1n) is 6.35. The van der Waals surface area contributed by atoms with Crippen LogP contribution < -0.4 is 0 Å². The summed E-state index contributed by atoms with van der Waals surface area (Å²) in [6, 6.07) is 10.3. The first-order valence-corrected chi connectivity index (χ1v) is 6.35. The average molecular weight is 232 g/mol. The maximum Gasteiger partial charge on any atom is 0.0756 e. The second-order valence-electron chi connectivity index (χ2n) is 4.31. The van der Waals surface area contributed by atoms with Gasteiger partial charge in [-0.1, -0.05) is 42.5 Å². The van der Waals surface area contributed by atoms with Gasteiger partial charge in [-0.2, -0.15) is 0 Å². The molecule has 1 aromatic carbocycles. The van der Waals surface area contributed by atoms with Crippen molar-refractivity contribution in [2.45, 2.75) is 32.0 Å². The van der Waals surface area contributed by atoms with Gasteiger partial charge in [-0.25, -0.2) is 0 Å². The fourth-order valence-corrected chi connectivity index (χ4v) is 1.92. The van der Waals surface area contributed by atoms with Gasteiger partial charge < -0.3 is 9.47 Å². The molecule has 1 aromatic rings. The molecule has 1 unspecified atom stereocenters. The van der Waals surface area contributed by atoms with Gasteiger partial charge in [-0.15, -0.1) is 0 Å². The molecule has 0 aromatic heterocycles. The molecule has 0 bridgehead atoms. The van der Waals surface area contributed by atoms with E-state index in [1.54, 1.807) is 0 Å². The first kappa shape index (κ1) is 12.3. The number of hydrogen-bond donors (Lipinski definition) is 0. The molecule has 1 aliphatic rings. The van der Waals surface area contributed by atoms with Crippen molar-refractivity contribution in [2.24, 2.45) is 0 Å². The van der Waals surface area contributed by atoms with Crippen molar-refractivity contribution in [1.82, 2.24) is 0 Å². The first-order chi connectivity index (χ1) is 8.45. The van der Waals surface area contributed by atoms with Crippen LogP contribution in [0.25, 0.3) is 0 Å². The zero-order valence-corrected chi connectivity index (χ0v) is 10.2. The molecule has 0 spiro atoms. The molecule has 1 heterocycles. The van der Waals surface area contributed by atoms with Gasteiger partial charge in [0.25, 0.3) is 0 Å². The topological polar surface area (TPSA) is 18.5 Å². The fourth-order valence-electron chi connectivity index (χ4n) is 1.92. The van der Waals surface area contributed by atoms with Crippen molar-refractivity contribution in [3.8, 4) is 0 Å². The Hall–Kier alpha value is -1.12. The van der Waals surface area contributed by atoms with Crippen LogP contribution in [0.4, 0.5) is 0 Å². The third-order valence-electron chi connectivity index (χ3n) is 2.86. The van der Waals surface area contributed by atoms with E-state index in [0.717, 1.165) is 32.5 Å². The lowest BCUT2D eigenvalue weighted by molar-refractivity contribution is 0.0586. The lowest BCUT2D eigenvalue weighted by atomic mass is 10.1. The van der Waals surface area contributed by atoms with Gasteiger partial charge >= 0.3 is 0 Å². The highest BCUT2D eigenvalue weighted by Gasteiger charge is 2.07. The van der Waals surface area contributed by atoms with Crippen LogP contribution in [0, 0.1) is 0 Å². The molecule has 0 amide bonds. The van der Waals surface area contributed by atoms with E-state index in [1.165, 1.54) is 5.56 Å². The predicted octanol–water partition coefficient (Wildman–Crippen LogP) is 3.33. The second-order valence-corrected chi connectivity index (χ2v) is 4.31. The van der Waals surface area contributed by atoms with E-state index in [9.17, 15) is 0 Å². The lowest BCUT2D eigenvalue weighted by Gasteiger charge is -2.17. The summed E-state index contributed by atoms with van der Waals surface area (Å²) in [5.74, 6) is 0. The van der Waals surface area contributed by atoms with Gasteiger partial charge in [0, 0.05) is 6.61 Å². The van der Waals surface area contributed by atoms with E-state index < -0.39 is 0 Å². The van der Waals surface area contributed by atoms with E-state index in [2.05, 4.69) is 24.3 Å². The number of hydrogen-bond acceptors (Lipinski definition) is 2. The summed E-state index contributed by atoms with van der Waals surface area (Å²) < 4.78 is 11.2. The maximum absolute atomic E-state index is 5.63. The Labute approximate surface area is 103 Å². The minimum atomic E-state index is 0.309. The Balaban J connectivity index is 1.54. The van der Waals surface area contributed by atoms with E-state index in [4.69, 9.17) is 9.47 Å². The Bertz CT molecular complexity index is 332. The predicted molar refractivity (Wildman–Crippen MR) is 68.8 cm³/mol. The molecule has 0 radical (unpaired) electrons. The zero-order chi connectivity index (χ0) is 11.8. The fraction of sp³-hybridized carbons (Fsp3) is 0.467. The van der Waals surface area contributed by atoms with Crippen molar-refractivity contribution < 1.29 is 9.47 Å². The van der Waals surface area contributed by atoms with Crippen LogP contribution >= 0.6 is 0 Å². The summed E-state index contributed by atoms with van der Waals surface area (Å²) in [7, 11) is 0. The van der Waals surface area contributed by atoms with E-state index in [-0.39, 0.29) is 0 Å². The Morgan fingerprint density at radius 2 is 2.12 bits per heavy atom. The van der Waals surface area contributed by atoms with Crippen molar-refractivity contribution in [2.75, 3.05) is 13.2 Å². The van der Waals surface area contributed by atoms with Crippen LogP contribution in [0.15, 0.2) is 42.5 Å². The summed E-state index contributed by atoms with van der Waals surface area (Å²) in [5, 5.41) is 0. The second kappa shape index (κ2) is 7.25. The minimum Gasteiger partial charge on any atom is -0.377 e. The molecule has 0 N–H and O–H groups in total. The van der Waals surface area contributed by atoms with Crippen LogP contribution in [-0.2, 0) is 16.1 Å². The molecule has 0 saturated carbocycles. The molecular formula is C15H20O2. The van der Waals surface area contributed by atoms with Gasteiger partial charge in [0.15, 0.2) is 0 Å². The highest BCUT2D eigenvalue weighted by Crippen LogP contribution is 2.10. The minimum absolute atomic E-state index is 0.309. The molecule has 2 nitrogen and oxygen atoms in total. The Morgan fingerprint density at radius 3 is 2.88 bits per heavy atom. The van der Waals surface area contributed by atoms with Crippen LogP contribution in [0.2, 0.25) is 0 Å². The zero-order valence-electron chi connectivity index (χ0n) is 10.2. The molecule has 1 atom stereocenters. The molecule has 0 aliphatic carbocycles. The summed E-state index contributed by atoms with van der Waals surface area (Å²) in [6.07, 6.45) is 7.86. The number of rotatable bonds is 6. The monoisotopic (exact) mass is 232 g/mol. The quantitative estimate of drug-likeness (QED) is 0.553. The highest BCUT2D eigenvalue weighted by atomic mass is 16.5. The third kappa shape index (κ3) is 4.72. The number of ether oxygens (including phenoxy) is 2. The summed E-state index contributed by atoms with van der Waals surface area (Å²) in [5.41, 5.74) is 1.24. The maximum atomic E-state index is 5.63. The van der Waals surface area contributed by atoms with Crippen LogP contribution in [0.5, 0.6) is 0 Å². The van der Waals surface area contributed by atoms with Crippen molar-refractivity contribution >= 4 is 0 Å². The molecule has 0 fully saturated rings. The van der Waals surface area contributed by atoms with Gasteiger partial charge in [-0.05, 0) is 24.8 Å². The average Bonchev–Trinajstić information content (AvgIpc) is 2.41. The Kier molecular flexibility index (Phi) is 5.27. The van der Waals surface area contributed by atoms with Gasteiger partial charge in [0.1, 0.15) is 0 Å². The molecule has 2 heteroatoms.